The fourth-order valence-corrected chi connectivity index (χ4v) is 3.40. The number of benzene rings is 1. The minimum atomic E-state index is -0.880. The number of halogens is 1. The van der Waals surface area contributed by atoms with E-state index in [9.17, 15) is 4.79 Å². The Hall–Kier alpha value is -1.24. The van der Waals surface area contributed by atoms with E-state index >= 15 is 0 Å². The molecule has 0 spiro atoms. The highest BCUT2D eigenvalue weighted by atomic mass is 35.5. The largest absolute Gasteiger partial charge is 0.481 e. The molecule has 1 N–H and O–H groups in total. The van der Waals surface area contributed by atoms with Crippen molar-refractivity contribution in [3.05, 3.63) is 23.2 Å². The van der Waals surface area contributed by atoms with Crippen LogP contribution in [0.4, 0.5) is 0 Å². The van der Waals surface area contributed by atoms with Crippen molar-refractivity contribution in [1.29, 1.82) is 0 Å². The lowest BCUT2D eigenvalue weighted by atomic mass is 10.1. The Kier molecular flexibility index (Phi) is 4.81. The molecule has 1 heterocycles. The Balaban J connectivity index is 2.61. The van der Waals surface area contributed by atoms with Crippen LogP contribution in [0.2, 0.25) is 5.02 Å². The van der Waals surface area contributed by atoms with Crippen molar-refractivity contribution in [1.82, 2.24) is 9.55 Å². The predicted octanol–water partition coefficient (Wildman–Crippen LogP) is 3.25. The lowest BCUT2D eigenvalue weighted by Crippen LogP contribution is -2.32. The number of thioether (sulfide) groups is 1. The average Bonchev–Trinajstić information content (AvgIpc) is 2.77. The van der Waals surface area contributed by atoms with Crippen LogP contribution >= 0.6 is 23.4 Å². The molecule has 0 unspecified atom stereocenters. The van der Waals surface area contributed by atoms with Gasteiger partial charge < -0.3 is 14.4 Å². The van der Waals surface area contributed by atoms with Gasteiger partial charge in [-0.2, -0.15) is 0 Å². The molecular formula is C14H17ClN2O3S. The quantitative estimate of drug-likeness (QED) is 0.825. The first-order valence-corrected chi connectivity index (χ1v) is 7.74. The zero-order chi connectivity index (χ0) is 15.6. The van der Waals surface area contributed by atoms with Crippen molar-refractivity contribution in [3.8, 4) is 0 Å². The van der Waals surface area contributed by atoms with E-state index in [-0.39, 0.29) is 5.75 Å². The third-order valence-electron chi connectivity index (χ3n) is 3.02. The molecule has 0 aliphatic rings. The summed E-state index contributed by atoms with van der Waals surface area (Å²) in [6.45, 7) is 4.47. The van der Waals surface area contributed by atoms with Crippen molar-refractivity contribution in [3.63, 3.8) is 0 Å². The van der Waals surface area contributed by atoms with Crippen LogP contribution in [0.5, 0.6) is 0 Å². The first kappa shape index (κ1) is 16.1. The zero-order valence-corrected chi connectivity index (χ0v) is 13.7. The molecule has 2 aromatic rings. The number of methoxy groups -OCH3 is 1. The number of aromatic nitrogens is 2. The first-order chi connectivity index (χ1) is 9.86. The number of carboxylic acids is 1. The molecule has 0 bridgehead atoms. The molecule has 0 fully saturated rings. The van der Waals surface area contributed by atoms with Gasteiger partial charge in [0.25, 0.3) is 0 Å². The number of hydrogen-bond donors (Lipinski definition) is 1. The van der Waals surface area contributed by atoms with E-state index in [2.05, 4.69) is 4.98 Å². The fourth-order valence-electron chi connectivity index (χ4n) is 2.27. The van der Waals surface area contributed by atoms with Crippen molar-refractivity contribution < 1.29 is 14.6 Å². The Labute approximate surface area is 132 Å². The predicted molar refractivity (Wildman–Crippen MR) is 84.3 cm³/mol. The van der Waals surface area contributed by atoms with Gasteiger partial charge >= 0.3 is 5.97 Å². The summed E-state index contributed by atoms with van der Waals surface area (Å²) in [6.07, 6.45) is 0. The van der Waals surface area contributed by atoms with Crippen molar-refractivity contribution in [2.45, 2.75) is 24.5 Å². The summed E-state index contributed by atoms with van der Waals surface area (Å²) in [5.74, 6) is -0.932. The molecular weight excluding hydrogens is 312 g/mol. The van der Waals surface area contributed by atoms with Gasteiger partial charge in [-0.15, -0.1) is 0 Å². The van der Waals surface area contributed by atoms with Gasteiger partial charge in [-0.1, -0.05) is 29.4 Å². The number of rotatable bonds is 6. The molecule has 7 heteroatoms. The summed E-state index contributed by atoms with van der Waals surface area (Å²) in [6, 6.07) is 5.50. The molecule has 5 nitrogen and oxygen atoms in total. The van der Waals surface area contributed by atoms with Gasteiger partial charge in [0.1, 0.15) is 0 Å². The average molecular weight is 329 g/mol. The van der Waals surface area contributed by atoms with Gasteiger partial charge in [0.05, 0.1) is 34.0 Å². The van der Waals surface area contributed by atoms with Crippen LogP contribution in [-0.2, 0) is 15.1 Å². The number of carboxylic acid groups (broad SMARTS) is 1. The Morgan fingerprint density at radius 3 is 2.86 bits per heavy atom. The lowest BCUT2D eigenvalue weighted by Gasteiger charge is -2.28. The summed E-state index contributed by atoms with van der Waals surface area (Å²) in [5.41, 5.74) is 1.16. The number of para-hydroxylation sites is 1. The topological polar surface area (TPSA) is 64.3 Å². The van der Waals surface area contributed by atoms with Gasteiger partial charge in [0.2, 0.25) is 0 Å². The van der Waals surface area contributed by atoms with Crippen LogP contribution in [-0.4, -0.2) is 40.1 Å². The summed E-state index contributed by atoms with van der Waals surface area (Å²) in [5, 5.41) is 10.1. The third-order valence-corrected chi connectivity index (χ3v) is 4.25. The van der Waals surface area contributed by atoms with Crippen LogP contribution in [0.1, 0.15) is 13.8 Å². The van der Waals surface area contributed by atoms with E-state index in [1.54, 1.807) is 13.2 Å². The van der Waals surface area contributed by atoms with Crippen LogP contribution in [0.15, 0.2) is 23.4 Å². The zero-order valence-electron chi connectivity index (χ0n) is 12.1. The molecule has 1 aromatic heterocycles. The minimum Gasteiger partial charge on any atom is -0.481 e. The summed E-state index contributed by atoms with van der Waals surface area (Å²) in [4.78, 5) is 15.3. The monoisotopic (exact) mass is 328 g/mol. The van der Waals surface area contributed by atoms with E-state index < -0.39 is 11.5 Å². The molecule has 0 saturated carbocycles. The number of carbonyl (C=O) groups is 1. The second kappa shape index (κ2) is 6.25. The summed E-state index contributed by atoms with van der Waals surface area (Å²) < 4.78 is 7.24. The van der Waals surface area contributed by atoms with E-state index in [0.717, 1.165) is 11.0 Å². The summed E-state index contributed by atoms with van der Waals surface area (Å²) >= 11 is 7.50. The SMILES string of the molecule is COCC(C)(C)n1c(SCC(=O)O)nc2cccc(Cl)c21. The van der Waals surface area contributed by atoms with Gasteiger partial charge in [0, 0.05) is 7.11 Å². The third kappa shape index (κ3) is 3.33. The maximum absolute atomic E-state index is 10.8. The minimum absolute atomic E-state index is 0.0516. The second-order valence-electron chi connectivity index (χ2n) is 5.27. The van der Waals surface area contributed by atoms with Gasteiger partial charge in [0.15, 0.2) is 5.16 Å². The van der Waals surface area contributed by atoms with E-state index in [0.29, 0.717) is 16.8 Å². The molecule has 0 atom stereocenters. The van der Waals surface area contributed by atoms with Crippen LogP contribution in [0.25, 0.3) is 11.0 Å². The maximum Gasteiger partial charge on any atom is 0.313 e. The molecule has 114 valence electrons. The smallest absolute Gasteiger partial charge is 0.313 e. The highest BCUT2D eigenvalue weighted by Crippen LogP contribution is 2.34. The van der Waals surface area contributed by atoms with Gasteiger partial charge in [-0.3, -0.25) is 4.79 Å². The molecule has 0 amide bonds. The Bertz CT molecular complexity index is 670. The Morgan fingerprint density at radius 1 is 1.52 bits per heavy atom. The maximum atomic E-state index is 10.8. The van der Waals surface area contributed by atoms with Crippen molar-refractivity contribution in [2.75, 3.05) is 19.5 Å². The second-order valence-corrected chi connectivity index (χ2v) is 6.61. The standard InChI is InChI=1S/C14H17ClN2O3S/c1-14(2,8-20-3)17-12-9(15)5-4-6-10(12)16-13(17)21-7-11(18)19/h4-6H,7-8H2,1-3H3,(H,18,19). The molecule has 0 radical (unpaired) electrons. The van der Waals surface area contributed by atoms with Crippen LogP contribution in [0.3, 0.4) is 0 Å². The van der Waals surface area contributed by atoms with E-state index in [1.807, 2.05) is 30.5 Å². The molecule has 1 aromatic carbocycles. The van der Waals surface area contributed by atoms with Crippen LogP contribution < -0.4 is 0 Å². The molecule has 0 saturated heterocycles. The number of aliphatic carboxylic acids is 1. The normalized spacial score (nSPS) is 12.0. The van der Waals surface area contributed by atoms with Gasteiger partial charge in [-0.25, -0.2) is 4.98 Å². The number of nitrogens with zero attached hydrogens (tertiary/aromatic N) is 2. The number of hydrogen-bond acceptors (Lipinski definition) is 4. The Morgan fingerprint density at radius 2 is 2.24 bits per heavy atom. The molecule has 0 aliphatic heterocycles. The van der Waals surface area contributed by atoms with E-state index in [4.69, 9.17) is 21.4 Å². The van der Waals surface area contributed by atoms with E-state index in [1.165, 1.54) is 11.8 Å². The molecule has 21 heavy (non-hydrogen) atoms. The highest BCUT2D eigenvalue weighted by molar-refractivity contribution is 7.99. The highest BCUT2D eigenvalue weighted by Gasteiger charge is 2.27. The molecule has 2 rings (SSSR count). The van der Waals surface area contributed by atoms with Crippen LogP contribution in [0, 0.1) is 0 Å². The lowest BCUT2D eigenvalue weighted by molar-refractivity contribution is -0.133. The molecule has 0 aliphatic carbocycles. The van der Waals surface area contributed by atoms with Crippen molar-refractivity contribution in [2.24, 2.45) is 0 Å². The summed E-state index contributed by atoms with van der Waals surface area (Å²) in [7, 11) is 1.63. The van der Waals surface area contributed by atoms with Crippen molar-refractivity contribution >= 4 is 40.4 Å². The van der Waals surface area contributed by atoms with Gasteiger partial charge in [-0.05, 0) is 26.0 Å². The number of imidazole rings is 1. The first-order valence-electron chi connectivity index (χ1n) is 6.38. The fraction of sp³-hybridized carbons (Fsp3) is 0.429. The number of ether oxygens (including phenoxy) is 1. The number of fused-ring (bicyclic) bond motifs is 1.